The van der Waals surface area contributed by atoms with Gasteiger partial charge in [0.25, 0.3) is 0 Å². The van der Waals surface area contributed by atoms with Crippen LogP contribution >= 0.6 is 12.4 Å². The van der Waals surface area contributed by atoms with Gasteiger partial charge in [-0.15, -0.1) is 12.4 Å². The number of benzene rings is 2. The Hall–Kier alpha value is -3.10. The first kappa shape index (κ1) is 26.5. The van der Waals surface area contributed by atoms with Crippen LogP contribution in [-0.2, 0) is 19.8 Å². The van der Waals surface area contributed by atoms with E-state index in [2.05, 4.69) is 10.6 Å². The van der Waals surface area contributed by atoms with Crippen LogP contribution < -0.4 is 20.3 Å². The number of para-hydroxylation sites is 1. The number of hydrogen-bond donors (Lipinski definition) is 2. The number of amides is 3. The maximum atomic E-state index is 14.4. The molecular weight excluding hydrogens is 504 g/mol. The Balaban J connectivity index is 0.00000294. The van der Waals surface area contributed by atoms with Gasteiger partial charge in [0, 0.05) is 25.2 Å². The lowest BCUT2D eigenvalue weighted by molar-refractivity contribution is -0.135. The molecule has 2 aromatic rings. The summed E-state index contributed by atoms with van der Waals surface area (Å²) in [5.74, 6) is 0.871. The van der Waals surface area contributed by atoms with Crippen LogP contribution in [0.3, 0.4) is 0 Å². The summed E-state index contributed by atoms with van der Waals surface area (Å²) in [4.78, 5) is 44.7. The van der Waals surface area contributed by atoms with Crippen molar-refractivity contribution in [1.82, 2.24) is 15.5 Å². The predicted octanol–water partition coefficient (Wildman–Crippen LogP) is 2.95. The molecule has 38 heavy (non-hydrogen) atoms. The number of nitrogens with zero attached hydrogens (tertiary/aromatic N) is 2. The average Bonchev–Trinajstić information content (AvgIpc) is 3.42. The van der Waals surface area contributed by atoms with Crippen LogP contribution in [0, 0.1) is 5.92 Å². The topological polar surface area (TPSA) is 91.0 Å². The Morgan fingerprint density at radius 3 is 2.71 bits per heavy atom. The highest BCUT2D eigenvalue weighted by Gasteiger charge is 2.61. The number of anilines is 1. The molecule has 2 fully saturated rings. The number of ether oxygens (including phenoxy) is 1. The lowest BCUT2D eigenvalue weighted by Gasteiger charge is -2.36. The molecule has 1 spiro atoms. The number of hydrogen-bond acceptors (Lipinski definition) is 5. The SMILES string of the molecule is Cl.O=C1CN2C(=O)[C@]3(CCN(C(=O)CC4CCNCC4)[C@H]3c3cccc(c3)OCCCN1)c1ccccc12. The molecule has 0 aromatic heterocycles. The summed E-state index contributed by atoms with van der Waals surface area (Å²) in [7, 11) is 0. The number of carbonyl (C=O) groups is 3. The first-order valence-electron chi connectivity index (χ1n) is 13.5. The van der Waals surface area contributed by atoms with E-state index in [-0.39, 0.29) is 36.7 Å². The minimum Gasteiger partial charge on any atom is -0.494 e. The van der Waals surface area contributed by atoms with E-state index in [9.17, 15) is 14.4 Å². The number of piperidine rings is 1. The van der Waals surface area contributed by atoms with Gasteiger partial charge in [0.05, 0.1) is 12.6 Å². The summed E-state index contributed by atoms with van der Waals surface area (Å²) in [6.45, 7) is 3.30. The van der Waals surface area contributed by atoms with Crippen LogP contribution in [0.4, 0.5) is 5.69 Å². The lowest BCUT2D eigenvalue weighted by Crippen LogP contribution is -2.48. The summed E-state index contributed by atoms with van der Waals surface area (Å²) in [6, 6.07) is 15.2. The Labute approximate surface area is 229 Å². The number of likely N-dealkylation sites (tertiary alicyclic amines) is 1. The third-order valence-corrected chi connectivity index (χ3v) is 8.46. The summed E-state index contributed by atoms with van der Waals surface area (Å²) in [6.07, 6.45) is 3.66. The molecule has 4 aliphatic rings. The quantitative estimate of drug-likeness (QED) is 0.613. The van der Waals surface area contributed by atoms with Crippen LogP contribution in [0.15, 0.2) is 48.5 Å². The first-order valence-corrected chi connectivity index (χ1v) is 13.5. The minimum absolute atomic E-state index is 0. The molecule has 0 unspecified atom stereocenters. The molecule has 0 radical (unpaired) electrons. The van der Waals surface area contributed by atoms with Crippen molar-refractivity contribution in [3.63, 3.8) is 0 Å². The van der Waals surface area contributed by atoms with Crippen LogP contribution in [0.25, 0.3) is 0 Å². The van der Waals surface area contributed by atoms with Crippen molar-refractivity contribution in [2.24, 2.45) is 5.92 Å². The number of nitrogens with one attached hydrogen (secondary N) is 2. The van der Waals surface area contributed by atoms with Crippen molar-refractivity contribution >= 4 is 35.8 Å². The van der Waals surface area contributed by atoms with Crippen LogP contribution in [0.5, 0.6) is 5.75 Å². The Kier molecular flexibility index (Phi) is 7.63. The molecule has 2 N–H and O–H groups in total. The van der Waals surface area contributed by atoms with Gasteiger partial charge >= 0.3 is 0 Å². The van der Waals surface area contributed by atoms with Gasteiger partial charge in [0.1, 0.15) is 17.7 Å². The molecule has 4 aliphatic heterocycles. The number of halogens is 1. The van der Waals surface area contributed by atoms with Gasteiger partial charge in [-0.1, -0.05) is 30.3 Å². The number of carbonyl (C=O) groups excluding carboxylic acids is 3. The fourth-order valence-electron chi connectivity index (χ4n) is 6.69. The maximum absolute atomic E-state index is 14.4. The zero-order chi connectivity index (χ0) is 25.4. The van der Waals surface area contributed by atoms with Gasteiger partial charge in [0.2, 0.25) is 17.7 Å². The van der Waals surface area contributed by atoms with Gasteiger partial charge in [-0.25, -0.2) is 0 Å². The van der Waals surface area contributed by atoms with Crippen molar-refractivity contribution < 1.29 is 19.1 Å². The van der Waals surface area contributed by atoms with Crippen molar-refractivity contribution in [2.45, 2.75) is 43.6 Å². The second-order valence-electron chi connectivity index (χ2n) is 10.6. The fraction of sp³-hybridized carbons (Fsp3) is 0.483. The molecule has 2 saturated heterocycles. The summed E-state index contributed by atoms with van der Waals surface area (Å²) in [5, 5.41) is 6.30. The second kappa shape index (κ2) is 10.9. The molecule has 0 saturated carbocycles. The fourth-order valence-corrected chi connectivity index (χ4v) is 6.69. The molecule has 4 bridgehead atoms. The molecule has 2 atom stereocenters. The summed E-state index contributed by atoms with van der Waals surface area (Å²) >= 11 is 0. The van der Waals surface area contributed by atoms with Crippen LogP contribution in [0.1, 0.15) is 49.3 Å². The number of rotatable bonds is 2. The smallest absolute Gasteiger partial charge is 0.240 e. The van der Waals surface area contributed by atoms with E-state index in [0.717, 1.165) is 42.7 Å². The molecule has 0 aliphatic carbocycles. The monoisotopic (exact) mass is 538 g/mol. The molecular formula is C29H35ClN4O4. The van der Waals surface area contributed by atoms with E-state index in [0.29, 0.717) is 50.6 Å². The van der Waals surface area contributed by atoms with E-state index in [1.54, 1.807) is 4.90 Å². The van der Waals surface area contributed by atoms with E-state index in [1.807, 2.05) is 53.4 Å². The van der Waals surface area contributed by atoms with Gasteiger partial charge in [-0.3, -0.25) is 14.4 Å². The molecule has 9 heteroatoms. The molecule has 6 rings (SSSR count). The first-order chi connectivity index (χ1) is 18.1. The standard InChI is InChI=1S/C29H34N4O4.ClH/c34-25-19-33-24-8-2-1-7-23(24)29(28(33)36)11-15-32(26(35)17-20-9-13-30-14-10-20)27(29)21-5-3-6-22(18-21)37-16-4-12-31-25;/h1-3,5-8,18,20,27,30H,4,9-17,19H2,(H,31,34);1H/t27-,29+;/m0./s1. The lowest BCUT2D eigenvalue weighted by atomic mass is 9.72. The number of fused-ring (bicyclic) bond motifs is 6. The Morgan fingerprint density at radius 2 is 1.87 bits per heavy atom. The van der Waals surface area contributed by atoms with Crippen LogP contribution in [-0.4, -0.2) is 62.0 Å². The van der Waals surface area contributed by atoms with Gasteiger partial charge < -0.3 is 25.2 Å². The average molecular weight is 539 g/mol. The highest BCUT2D eigenvalue weighted by molar-refractivity contribution is 6.12. The van der Waals surface area contributed by atoms with E-state index in [4.69, 9.17) is 4.74 Å². The van der Waals surface area contributed by atoms with E-state index >= 15 is 0 Å². The van der Waals surface area contributed by atoms with E-state index < -0.39 is 11.5 Å². The van der Waals surface area contributed by atoms with Gasteiger partial charge in [0.15, 0.2) is 0 Å². The van der Waals surface area contributed by atoms with Crippen molar-refractivity contribution in [3.05, 3.63) is 59.7 Å². The van der Waals surface area contributed by atoms with Crippen molar-refractivity contribution in [1.29, 1.82) is 0 Å². The maximum Gasteiger partial charge on any atom is 0.240 e. The third kappa shape index (κ3) is 4.54. The highest BCUT2D eigenvalue weighted by Crippen LogP contribution is 2.57. The normalized spacial score (nSPS) is 25.4. The minimum atomic E-state index is -0.941. The second-order valence-corrected chi connectivity index (χ2v) is 10.6. The molecule has 4 heterocycles. The van der Waals surface area contributed by atoms with Crippen LogP contribution in [0.2, 0.25) is 0 Å². The zero-order valence-electron chi connectivity index (χ0n) is 21.5. The molecule has 8 nitrogen and oxygen atoms in total. The largest absolute Gasteiger partial charge is 0.494 e. The van der Waals surface area contributed by atoms with Crippen molar-refractivity contribution in [2.75, 3.05) is 44.2 Å². The summed E-state index contributed by atoms with van der Waals surface area (Å²) in [5.41, 5.74) is 1.63. The predicted molar refractivity (Wildman–Crippen MR) is 147 cm³/mol. The third-order valence-electron chi connectivity index (χ3n) is 8.46. The van der Waals surface area contributed by atoms with E-state index in [1.165, 1.54) is 0 Å². The molecule has 202 valence electrons. The molecule has 2 aromatic carbocycles. The summed E-state index contributed by atoms with van der Waals surface area (Å²) < 4.78 is 6.01. The Morgan fingerprint density at radius 1 is 1.05 bits per heavy atom. The zero-order valence-corrected chi connectivity index (χ0v) is 22.3. The van der Waals surface area contributed by atoms with Crippen molar-refractivity contribution in [3.8, 4) is 5.75 Å². The van der Waals surface area contributed by atoms with Gasteiger partial charge in [-0.05, 0) is 74.0 Å². The highest BCUT2D eigenvalue weighted by atomic mass is 35.5. The Bertz CT molecular complexity index is 1220. The van der Waals surface area contributed by atoms with Gasteiger partial charge in [-0.2, -0.15) is 0 Å². The molecule has 3 amide bonds.